The van der Waals surface area contributed by atoms with Crippen molar-refractivity contribution in [1.82, 2.24) is 4.90 Å². The number of halogens is 1. The molecule has 1 atom stereocenters. The summed E-state index contributed by atoms with van der Waals surface area (Å²) in [6.45, 7) is 8.99. The van der Waals surface area contributed by atoms with Crippen molar-refractivity contribution in [3.05, 3.63) is 76.5 Å². The van der Waals surface area contributed by atoms with E-state index in [4.69, 9.17) is 11.6 Å². The molecular formula is C23H28ClN. The van der Waals surface area contributed by atoms with Gasteiger partial charge in [-0.25, -0.2) is 0 Å². The highest BCUT2D eigenvalue weighted by Crippen LogP contribution is 2.26. The third kappa shape index (κ3) is 4.46. The number of benzene rings is 2. The van der Waals surface area contributed by atoms with Gasteiger partial charge in [0.05, 0.1) is 0 Å². The highest BCUT2D eigenvalue weighted by molar-refractivity contribution is 6.17. The fourth-order valence-electron chi connectivity index (χ4n) is 3.71. The molecule has 0 saturated carbocycles. The Kier molecular flexibility index (Phi) is 5.86. The molecule has 3 rings (SSSR count). The van der Waals surface area contributed by atoms with Gasteiger partial charge in [-0.3, -0.25) is 0 Å². The Morgan fingerprint density at radius 1 is 1.08 bits per heavy atom. The smallest absolute Gasteiger partial charge is 0.0474 e. The van der Waals surface area contributed by atoms with Crippen molar-refractivity contribution in [3.63, 3.8) is 0 Å². The van der Waals surface area contributed by atoms with Gasteiger partial charge in [0.15, 0.2) is 0 Å². The van der Waals surface area contributed by atoms with E-state index in [0.29, 0.717) is 17.7 Å². The highest BCUT2D eigenvalue weighted by atomic mass is 35.5. The Balaban J connectivity index is 1.67. The van der Waals surface area contributed by atoms with Crippen molar-refractivity contribution >= 4 is 17.7 Å². The second kappa shape index (κ2) is 8.10. The number of nitrogens with zero attached hydrogens (tertiary/aromatic N) is 1. The fourth-order valence-corrected chi connectivity index (χ4v) is 3.88. The first kappa shape index (κ1) is 18.1. The van der Waals surface area contributed by atoms with Gasteiger partial charge in [0.2, 0.25) is 0 Å². The minimum atomic E-state index is 0.534. The van der Waals surface area contributed by atoms with Crippen molar-refractivity contribution in [1.29, 1.82) is 0 Å². The van der Waals surface area contributed by atoms with Crippen LogP contribution in [0.5, 0.6) is 0 Å². The molecule has 25 heavy (non-hydrogen) atoms. The first-order valence-electron chi connectivity index (χ1n) is 9.24. The van der Waals surface area contributed by atoms with Gasteiger partial charge in [-0.1, -0.05) is 63.2 Å². The average Bonchev–Trinajstić information content (AvgIpc) is 2.61. The van der Waals surface area contributed by atoms with Crippen molar-refractivity contribution in [3.8, 4) is 0 Å². The summed E-state index contributed by atoms with van der Waals surface area (Å²) < 4.78 is 0. The first-order valence-corrected chi connectivity index (χ1v) is 9.78. The average molecular weight is 354 g/mol. The second-order valence-corrected chi connectivity index (χ2v) is 7.84. The molecule has 0 fully saturated rings. The topological polar surface area (TPSA) is 3.24 Å². The second-order valence-electron chi connectivity index (χ2n) is 7.57. The summed E-state index contributed by atoms with van der Waals surface area (Å²) in [4.78, 5) is 2.44. The van der Waals surface area contributed by atoms with Gasteiger partial charge in [0.1, 0.15) is 0 Å². The molecule has 0 radical (unpaired) electrons. The standard InChI is InChI=1S/C23H28ClN/c1-17(2)23-13-19(14-24)8-9-21(23)12-18(3)15-25-11-10-20-6-4-5-7-22(20)16-25/h4-11,13,17-18H,12,14-16H2,1-3H3. The van der Waals surface area contributed by atoms with E-state index < -0.39 is 0 Å². The Morgan fingerprint density at radius 3 is 2.64 bits per heavy atom. The van der Waals surface area contributed by atoms with Crippen LogP contribution >= 0.6 is 11.6 Å². The maximum atomic E-state index is 6.02. The molecule has 0 bridgehead atoms. The zero-order valence-corrected chi connectivity index (χ0v) is 16.3. The fraction of sp³-hybridized carbons (Fsp3) is 0.391. The van der Waals surface area contributed by atoms with E-state index >= 15 is 0 Å². The maximum absolute atomic E-state index is 6.02. The van der Waals surface area contributed by atoms with E-state index in [-0.39, 0.29) is 0 Å². The molecule has 0 amide bonds. The Bertz CT molecular complexity index is 748. The van der Waals surface area contributed by atoms with Crippen molar-refractivity contribution in [2.75, 3.05) is 6.54 Å². The quantitative estimate of drug-likeness (QED) is 0.557. The van der Waals surface area contributed by atoms with Crippen molar-refractivity contribution in [2.45, 2.75) is 45.5 Å². The van der Waals surface area contributed by atoms with Gasteiger partial charge in [-0.15, -0.1) is 11.6 Å². The summed E-state index contributed by atoms with van der Waals surface area (Å²) in [6, 6.07) is 15.4. The van der Waals surface area contributed by atoms with E-state index in [1.807, 2.05) is 0 Å². The minimum Gasteiger partial charge on any atom is -0.373 e. The largest absolute Gasteiger partial charge is 0.373 e. The minimum absolute atomic E-state index is 0.534. The van der Waals surface area contributed by atoms with Gasteiger partial charge in [0, 0.05) is 19.0 Å². The number of fused-ring (bicyclic) bond motifs is 1. The summed E-state index contributed by atoms with van der Waals surface area (Å²) in [6.07, 6.45) is 5.60. The van der Waals surface area contributed by atoms with E-state index in [1.165, 1.54) is 27.8 Å². The molecule has 0 spiro atoms. The molecule has 2 aromatic rings. The van der Waals surface area contributed by atoms with Crippen molar-refractivity contribution < 1.29 is 0 Å². The number of rotatable bonds is 6. The van der Waals surface area contributed by atoms with Crippen LogP contribution in [0.2, 0.25) is 0 Å². The van der Waals surface area contributed by atoms with Crippen LogP contribution in [0.15, 0.2) is 48.7 Å². The molecule has 1 nitrogen and oxygen atoms in total. The zero-order valence-electron chi connectivity index (χ0n) is 15.5. The molecule has 2 heteroatoms. The maximum Gasteiger partial charge on any atom is 0.0474 e. The lowest BCUT2D eigenvalue weighted by atomic mass is 9.89. The van der Waals surface area contributed by atoms with Crippen LogP contribution in [0.3, 0.4) is 0 Å². The molecule has 1 unspecified atom stereocenters. The van der Waals surface area contributed by atoms with Gasteiger partial charge in [-0.05, 0) is 58.3 Å². The predicted octanol–water partition coefficient (Wildman–Crippen LogP) is 6.21. The van der Waals surface area contributed by atoms with E-state index in [2.05, 4.69) is 80.4 Å². The van der Waals surface area contributed by atoms with Crippen LogP contribution in [-0.2, 0) is 18.8 Å². The summed E-state index contributed by atoms with van der Waals surface area (Å²) in [7, 11) is 0. The summed E-state index contributed by atoms with van der Waals surface area (Å²) in [5.41, 5.74) is 6.91. The van der Waals surface area contributed by atoms with E-state index in [0.717, 1.165) is 19.5 Å². The lowest BCUT2D eigenvalue weighted by Gasteiger charge is -2.28. The summed E-state index contributed by atoms with van der Waals surface area (Å²) in [5.74, 6) is 1.73. The third-order valence-corrected chi connectivity index (χ3v) is 5.30. The molecule has 1 aliphatic heterocycles. The normalized spacial score (nSPS) is 14.7. The van der Waals surface area contributed by atoms with Crippen LogP contribution in [0.25, 0.3) is 6.08 Å². The number of hydrogen-bond donors (Lipinski definition) is 0. The molecule has 1 aliphatic rings. The highest BCUT2D eigenvalue weighted by Gasteiger charge is 2.15. The molecule has 1 heterocycles. The predicted molar refractivity (Wildman–Crippen MR) is 109 cm³/mol. The van der Waals surface area contributed by atoms with Crippen LogP contribution in [0, 0.1) is 5.92 Å². The van der Waals surface area contributed by atoms with Gasteiger partial charge >= 0.3 is 0 Å². The van der Waals surface area contributed by atoms with Crippen LogP contribution < -0.4 is 0 Å². The van der Waals surface area contributed by atoms with Crippen LogP contribution in [0.1, 0.15) is 54.5 Å². The molecule has 132 valence electrons. The van der Waals surface area contributed by atoms with E-state index in [9.17, 15) is 0 Å². The van der Waals surface area contributed by atoms with E-state index in [1.54, 1.807) is 0 Å². The Labute approximate surface area is 157 Å². The SMILES string of the molecule is CC(Cc1ccc(CCl)cc1C(C)C)CN1C=Cc2ccccc2C1. The van der Waals surface area contributed by atoms with Gasteiger partial charge < -0.3 is 4.90 Å². The molecule has 2 aromatic carbocycles. The molecule has 0 aliphatic carbocycles. The monoisotopic (exact) mass is 353 g/mol. The number of alkyl halides is 1. The number of hydrogen-bond acceptors (Lipinski definition) is 1. The van der Waals surface area contributed by atoms with Gasteiger partial charge in [-0.2, -0.15) is 0 Å². The third-order valence-electron chi connectivity index (χ3n) is 4.99. The lowest BCUT2D eigenvalue weighted by Crippen LogP contribution is -2.26. The zero-order chi connectivity index (χ0) is 17.8. The van der Waals surface area contributed by atoms with Crippen LogP contribution in [-0.4, -0.2) is 11.4 Å². The molecule has 0 N–H and O–H groups in total. The van der Waals surface area contributed by atoms with Crippen molar-refractivity contribution in [2.24, 2.45) is 5.92 Å². The summed E-state index contributed by atoms with van der Waals surface area (Å²) >= 11 is 6.02. The molecule has 0 aromatic heterocycles. The first-order chi connectivity index (χ1) is 12.1. The van der Waals surface area contributed by atoms with Crippen LogP contribution in [0.4, 0.5) is 0 Å². The molecular weight excluding hydrogens is 326 g/mol. The molecule has 0 saturated heterocycles. The lowest BCUT2D eigenvalue weighted by molar-refractivity contribution is 0.309. The Hall–Kier alpha value is -1.73. The Morgan fingerprint density at radius 2 is 1.88 bits per heavy atom. The summed E-state index contributed by atoms with van der Waals surface area (Å²) in [5, 5.41) is 0. The van der Waals surface area contributed by atoms with Gasteiger partial charge in [0.25, 0.3) is 0 Å².